The molecule has 1 saturated heterocycles. The summed E-state index contributed by atoms with van der Waals surface area (Å²) < 4.78 is 35.2. The van der Waals surface area contributed by atoms with E-state index in [-0.39, 0.29) is 19.5 Å². The Kier molecular flexibility index (Phi) is 12.4. The zero-order chi connectivity index (χ0) is 36.5. The molecule has 4 atom stereocenters. The Morgan fingerprint density at radius 2 is 1.39 bits per heavy atom. The van der Waals surface area contributed by atoms with Crippen LogP contribution in [0.2, 0.25) is 0 Å². The van der Waals surface area contributed by atoms with Gasteiger partial charge >= 0.3 is 6.09 Å². The van der Waals surface area contributed by atoms with Gasteiger partial charge in [-0.15, -0.1) is 6.58 Å². The van der Waals surface area contributed by atoms with Gasteiger partial charge in [-0.2, -0.15) is 0 Å². The molecule has 51 heavy (non-hydrogen) atoms. The summed E-state index contributed by atoms with van der Waals surface area (Å²) in [6.45, 7) is 10.3. The van der Waals surface area contributed by atoms with Crippen molar-refractivity contribution in [3.63, 3.8) is 0 Å². The largest absolute Gasteiger partial charge is 0.444 e. The Hall–Kier alpha value is -4.86. The van der Waals surface area contributed by atoms with Crippen molar-refractivity contribution < 1.29 is 28.2 Å². The molecule has 0 saturated carbocycles. The van der Waals surface area contributed by atoms with Crippen LogP contribution in [0.5, 0.6) is 0 Å². The van der Waals surface area contributed by atoms with Gasteiger partial charge in [0, 0.05) is 38.3 Å². The Morgan fingerprint density at radius 1 is 0.882 bits per heavy atom. The maximum atomic E-state index is 14.8. The summed E-state index contributed by atoms with van der Waals surface area (Å²) in [7, 11) is 0. The van der Waals surface area contributed by atoms with Crippen molar-refractivity contribution in [2.75, 3.05) is 6.54 Å². The first kappa shape index (κ1) is 37.4. The molecule has 1 heterocycles. The smallest absolute Gasteiger partial charge is 0.411 e. The van der Waals surface area contributed by atoms with Crippen LogP contribution in [0, 0.1) is 11.6 Å². The van der Waals surface area contributed by atoms with Gasteiger partial charge in [0.15, 0.2) is 0 Å². The second kappa shape index (κ2) is 16.9. The lowest BCUT2D eigenvalue weighted by atomic mass is 9.89. The summed E-state index contributed by atoms with van der Waals surface area (Å²) in [4.78, 5) is 33.9. The second-order valence-corrected chi connectivity index (χ2v) is 14.1. The molecule has 1 unspecified atom stereocenters. The minimum atomic E-state index is -1.52. The van der Waals surface area contributed by atoms with E-state index in [1.807, 2.05) is 95.9 Å². The number of benzene rings is 4. The molecule has 9 heteroatoms. The van der Waals surface area contributed by atoms with Crippen LogP contribution in [0.3, 0.4) is 0 Å². The van der Waals surface area contributed by atoms with Crippen molar-refractivity contribution in [2.24, 2.45) is 0 Å². The average Bonchev–Trinajstić information content (AvgIpc) is 3.08. The number of nitrogens with zero attached hydrogens (tertiary/aromatic N) is 3. The molecule has 0 aromatic heterocycles. The highest BCUT2D eigenvalue weighted by atomic mass is 19.1. The summed E-state index contributed by atoms with van der Waals surface area (Å²) >= 11 is 0. The highest BCUT2D eigenvalue weighted by molar-refractivity contribution is 5.88. The van der Waals surface area contributed by atoms with Gasteiger partial charge in [-0.05, 0) is 68.0 Å². The minimum absolute atomic E-state index is 0.0216. The van der Waals surface area contributed by atoms with Gasteiger partial charge in [0.1, 0.15) is 23.3 Å². The average molecular weight is 696 g/mol. The predicted octanol–water partition coefficient (Wildman–Crippen LogP) is 7.53. The van der Waals surface area contributed by atoms with Crippen LogP contribution in [0.1, 0.15) is 49.4 Å². The molecule has 4 aromatic carbocycles. The fraction of sp³-hybridized carbons (Fsp3) is 0.333. The number of hydrogen-bond donors (Lipinski definition) is 1. The van der Waals surface area contributed by atoms with E-state index in [0.29, 0.717) is 25.1 Å². The maximum Gasteiger partial charge on any atom is 0.411 e. The molecule has 0 aliphatic carbocycles. The number of amides is 2. The van der Waals surface area contributed by atoms with Crippen molar-refractivity contribution in [1.29, 1.82) is 0 Å². The number of rotatable bonds is 13. The highest BCUT2D eigenvalue weighted by Gasteiger charge is 2.50. The summed E-state index contributed by atoms with van der Waals surface area (Å²) in [6, 6.07) is 29.3. The number of halogens is 2. The van der Waals surface area contributed by atoms with Crippen molar-refractivity contribution in [3.05, 3.63) is 156 Å². The summed E-state index contributed by atoms with van der Waals surface area (Å²) in [5.41, 5.74) is 2.18. The number of carbonyl (C=O) groups is 2. The molecule has 0 radical (unpaired) electrons. The Labute approximate surface area is 299 Å². The molecule has 268 valence electrons. The molecular weight excluding hydrogens is 648 g/mol. The predicted molar refractivity (Wildman–Crippen MR) is 194 cm³/mol. The van der Waals surface area contributed by atoms with Gasteiger partial charge in [0.2, 0.25) is 5.91 Å². The van der Waals surface area contributed by atoms with E-state index in [0.717, 1.165) is 22.8 Å². The highest BCUT2D eigenvalue weighted by Crippen LogP contribution is 2.31. The molecule has 1 aliphatic rings. The zero-order valence-corrected chi connectivity index (χ0v) is 29.5. The molecule has 7 nitrogen and oxygen atoms in total. The first-order chi connectivity index (χ1) is 24.4. The fourth-order valence-corrected chi connectivity index (χ4v) is 6.75. The number of carbonyl (C=O) groups excluding carboxylic acids is 2. The molecule has 4 aromatic rings. The van der Waals surface area contributed by atoms with Crippen LogP contribution in [0.4, 0.5) is 13.6 Å². The molecule has 1 fully saturated rings. The first-order valence-electron chi connectivity index (χ1n) is 17.3. The molecule has 2 amide bonds. The maximum absolute atomic E-state index is 14.8. The van der Waals surface area contributed by atoms with Crippen LogP contribution in [0.15, 0.2) is 122 Å². The van der Waals surface area contributed by atoms with E-state index < -0.39 is 53.5 Å². The molecule has 5 rings (SSSR count). The van der Waals surface area contributed by atoms with Crippen molar-refractivity contribution in [3.8, 4) is 0 Å². The third kappa shape index (κ3) is 10.1. The Bertz CT molecular complexity index is 1690. The van der Waals surface area contributed by atoms with E-state index >= 15 is 0 Å². The van der Waals surface area contributed by atoms with Gasteiger partial charge in [-0.1, -0.05) is 97.1 Å². The first-order valence-corrected chi connectivity index (χ1v) is 17.3. The third-order valence-corrected chi connectivity index (χ3v) is 8.96. The van der Waals surface area contributed by atoms with E-state index in [1.54, 1.807) is 31.7 Å². The summed E-state index contributed by atoms with van der Waals surface area (Å²) in [6.07, 6.45) is -0.259. The third-order valence-electron chi connectivity index (χ3n) is 8.96. The van der Waals surface area contributed by atoms with Crippen LogP contribution >= 0.6 is 0 Å². The lowest BCUT2D eigenvalue weighted by Crippen LogP contribution is -2.69. The second-order valence-electron chi connectivity index (χ2n) is 14.1. The fourth-order valence-electron chi connectivity index (χ4n) is 6.75. The van der Waals surface area contributed by atoms with Crippen molar-refractivity contribution in [2.45, 2.75) is 83.1 Å². The number of aliphatic hydroxyl groups excluding tert-OH is 1. The summed E-state index contributed by atoms with van der Waals surface area (Å²) in [5, 5.41) is 12.8. The van der Waals surface area contributed by atoms with E-state index in [4.69, 9.17) is 4.74 Å². The van der Waals surface area contributed by atoms with Crippen molar-refractivity contribution in [1.82, 2.24) is 14.7 Å². The van der Waals surface area contributed by atoms with Crippen LogP contribution in [0.25, 0.3) is 0 Å². The quantitative estimate of drug-likeness (QED) is 0.147. The Balaban J connectivity index is 1.65. The monoisotopic (exact) mass is 695 g/mol. The van der Waals surface area contributed by atoms with E-state index in [2.05, 4.69) is 6.58 Å². The lowest BCUT2D eigenvalue weighted by Gasteiger charge is -2.49. The van der Waals surface area contributed by atoms with Crippen LogP contribution < -0.4 is 0 Å². The lowest BCUT2D eigenvalue weighted by molar-refractivity contribution is -0.154. The minimum Gasteiger partial charge on any atom is -0.444 e. The van der Waals surface area contributed by atoms with E-state index in [9.17, 15) is 23.5 Å². The van der Waals surface area contributed by atoms with Gasteiger partial charge in [-0.25, -0.2) is 13.6 Å². The Morgan fingerprint density at radius 3 is 1.88 bits per heavy atom. The number of ether oxygens (including phenoxy) is 1. The summed E-state index contributed by atoms with van der Waals surface area (Å²) in [5.74, 6) is -1.95. The normalized spacial score (nSPS) is 17.7. The molecule has 1 N–H and O–H groups in total. The van der Waals surface area contributed by atoms with Crippen LogP contribution in [-0.2, 0) is 35.6 Å². The van der Waals surface area contributed by atoms with Gasteiger partial charge < -0.3 is 14.7 Å². The molecule has 0 spiro atoms. The zero-order valence-electron chi connectivity index (χ0n) is 29.5. The van der Waals surface area contributed by atoms with E-state index in [1.165, 1.54) is 17.0 Å². The van der Waals surface area contributed by atoms with Gasteiger partial charge in [0.25, 0.3) is 0 Å². The topological polar surface area (TPSA) is 73.3 Å². The number of piperazine rings is 1. The number of aliphatic hydroxyl groups is 1. The number of hydrogen-bond acceptors (Lipinski definition) is 5. The van der Waals surface area contributed by atoms with Gasteiger partial charge in [-0.3, -0.25) is 14.6 Å². The standard InChI is InChI=1S/C42H47F2N3O4/c1-5-15-36-29-46(28-32-20-13-8-14-21-32)40(49)38(47(36)41(50)51-42(2,3)4)39(48)37(24-33-22-34(43)25-35(44)23-33)45(26-30-16-9-6-10-17-30)27-31-18-11-7-12-19-31/h5-14,16-23,25,36-39,48H,1,15,24,26-29H2,2-4H3/t36-,37-,38?,39-/m0/s1. The molecule has 0 bridgehead atoms. The van der Waals surface area contributed by atoms with Crippen molar-refractivity contribution >= 4 is 12.0 Å². The SMILES string of the molecule is C=CC[C@H]1CN(Cc2ccccc2)C(=O)C([C@@H](O)[C@H](Cc2cc(F)cc(F)c2)N(Cc2ccccc2)Cc2ccccc2)N1C(=O)OC(C)(C)C. The molecule has 1 aliphatic heterocycles. The van der Waals surface area contributed by atoms with Crippen LogP contribution in [-0.4, -0.2) is 68.2 Å². The molecular formula is C42H47F2N3O4. The van der Waals surface area contributed by atoms with Gasteiger partial charge in [0.05, 0.1) is 12.1 Å².